The normalized spacial score (nSPS) is 22.8. The third-order valence-corrected chi connectivity index (χ3v) is 12.7. The minimum atomic E-state index is -1.41. The third kappa shape index (κ3) is 9.99. The van der Waals surface area contributed by atoms with Crippen molar-refractivity contribution in [2.24, 2.45) is 22.9 Å². The number of hydrogen-bond donors (Lipinski definition) is 2. The summed E-state index contributed by atoms with van der Waals surface area (Å²) >= 11 is 0. The number of aliphatic hydroxyl groups excluding tert-OH is 2. The number of oxime groups is 1. The van der Waals surface area contributed by atoms with Gasteiger partial charge in [0.2, 0.25) is 11.7 Å². The van der Waals surface area contributed by atoms with Crippen LogP contribution in [0.2, 0.25) is 0 Å². The monoisotopic (exact) mass is 869 g/mol. The zero-order valence-electron chi connectivity index (χ0n) is 36.7. The quantitative estimate of drug-likeness (QED) is 0.0274. The highest BCUT2D eigenvalue weighted by molar-refractivity contribution is 6.03. The maximum absolute atomic E-state index is 14.6. The van der Waals surface area contributed by atoms with E-state index in [0.29, 0.717) is 54.3 Å². The van der Waals surface area contributed by atoms with Gasteiger partial charge in [0.15, 0.2) is 0 Å². The number of nitro groups is 1. The Labute approximate surface area is 375 Å². The zero-order valence-corrected chi connectivity index (χ0v) is 36.7. The van der Waals surface area contributed by atoms with Gasteiger partial charge in [-0.1, -0.05) is 79.5 Å². The molecule has 0 spiro atoms. The highest BCUT2D eigenvalue weighted by Gasteiger charge is 2.65. The average Bonchev–Trinajstić information content (AvgIpc) is 3.31. The number of carbonyl (C=O) groups is 1. The van der Waals surface area contributed by atoms with Crippen molar-refractivity contribution in [2.45, 2.75) is 76.0 Å². The third-order valence-electron chi connectivity index (χ3n) is 12.7. The lowest BCUT2D eigenvalue weighted by molar-refractivity contribution is -0.384. The van der Waals surface area contributed by atoms with Crippen molar-refractivity contribution in [1.82, 2.24) is 4.90 Å². The summed E-state index contributed by atoms with van der Waals surface area (Å²) in [5, 5.41) is 35.8. The summed E-state index contributed by atoms with van der Waals surface area (Å²) in [7, 11) is 1.53. The smallest absolute Gasteiger partial charge is 0.269 e. The van der Waals surface area contributed by atoms with Crippen molar-refractivity contribution in [3.63, 3.8) is 0 Å². The van der Waals surface area contributed by atoms with E-state index in [1.165, 1.54) is 25.3 Å². The summed E-state index contributed by atoms with van der Waals surface area (Å²) in [4.78, 5) is 32.9. The van der Waals surface area contributed by atoms with Gasteiger partial charge >= 0.3 is 0 Å². The number of aliphatic hydroxyl groups is 2. The predicted octanol–water partition coefficient (Wildman–Crippen LogP) is 10.3. The van der Waals surface area contributed by atoms with E-state index in [9.17, 15) is 25.1 Å². The molecule has 1 saturated carbocycles. The van der Waals surface area contributed by atoms with Gasteiger partial charge < -0.3 is 34.2 Å². The molecule has 0 unspecified atom stereocenters. The van der Waals surface area contributed by atoms with Gasteiger partial charge in [-0.2, -0.15) is 0 Å². The van der Waals surface area contributed by atoms with Gasteiger partial charge in [-0.15, -0.1) is 6.58 Å². The van der Waals surface area contributed by atoms with Gasteiger partial charge in [-0.25, -0.2) is 0 Å². The molecule has 64 heavy (non-hydrogen) atoms. The maximum atomic E-state index is 14.6. The first-order chi connectivity index (χ1) is 31.2. The minimum Gasteiger partial charge on any atom is -0.459 e. The second kappa shape index (κ2) is 21.5. The second-order valence-corrected chi connectivity index (χ2v) is 16.7. The molecular formula is C52H59N3O9. The number of carbonyl (C=O) groups excluding carboxylic acids is 1. The van der Waals surface area contributed by atoms with E-state index in [-0.39, 0.29) is 55.6 Å². The van der Waals surface area contributed by atoms with E-state index in [0.717, 1.165) is 47.9 Å². The highest BCUT2D eigenvalue weighted by Crippen LogP contribution is 2.62. The first-order valence-electron chi connectivity index (χ1n) is 22.4. The van der Waals surface area contributed by atoms with Crippen molar-refractivity contribution in [3.05, 3.63) is 149 Å². The number of amides is 1. The van der Waals surface area contributed by atoms with Crippen LogP contribution >= 0.6 is 0 Å². The van der Waals surface area contributed by atoms with Crippen LogP contribution < -0.4 is 9.47 Å². The Kier molecular flexibility index (Phi) is 15.5. The van der Waals surface area contributed by atoms with Crippen LogP contribution in [0.4, 0.5) is 5.69 Å². The number of nitrogens with zero attached hydrogens (tertiary/aromatic N) is 3. The molecular weight excluding hydrogens is 811 g/mol. The van der Waals surface area contributed by atoms with Crippen LogP contribution in [0.1, 0.15) is 75.3 Å². The first kappa shape index (κ1) is 45.9. The molecule has 2 aliphatic carbocycles. The van der Waals surface area contributed by atoms with Crippen molar-refractivity contribution < 1.29 is 39.0 Å². The van der Waals surface area contributed by atoms with Gasteiger partial charge in [0.05, 0.1) is 23.2 Å². The number of allylic oxidation sites excluding steroid dienone is 1. The Hall–Kier alpha value is -6.08. The molecule has 1 fully saturated rings. The average molecular weight is 870 g/mol. The largest absolute Gasteiger partial charge is 0.459 e. The number of fused-ring (bicyclic) bond motifs is 2. The molecule has 336 valence electrons. The minimum absolute atomic E-state index is 0.0355. The van der Waals surface area contributed by atoms with E-state index in [2.05, 4.69) is 36.0 Å². The van der Waals surface area contributed by atoms with Crippen LogP contribution in [-0.4, -0.2) is 77.0 Å². The van der Waals surface area contributed by atoms with Crippen molar-refractivity contribution in [2.75, 3.05) is 33.5 Å². The molecule has 7 rings (SSSR count). The van der Waals surface area contributed by atoms with Crippen LogP contribution in [0.15, 0.2) is 133 Å². The molecule has 6 atom stereocenters. The molecule has 0 aromatic heterocycles. The van der Waals surface area contributed by atoms with Gasteiger partial charge in [0, 0.05) is 55.9 Å². The molecule has 4 aromatic carbocycles. The molecule has 4 aromatic rings. The number of unbranched alkanes of at least 4 members (excludes halogenated alkanes) is 2. The number of non-ortho nitro benzene ring substituents is 1. The molecule has 12 nitrogen and oxygen atoms in total. The van der Waals surface area contributed by atoms with Crippen LogP contribution in [0.3, 0.4) is 0 Å². The van der Waals surface area contributed by atoms with Crippen molar-refractivity contribution in [1.29, 1.82) is 0 Å². The lowest BCUT2D eigenvalue weighted by Crippen LogP contribution is -2.70. The van der Waals surface area contributed by atoms with E-state index in [1.54, 1.807) is 29.2 Å². The Morgan fingerprint density at radius 2 is 1.66 bits per heavy atom. The van der Waals surface area contributed by atoms with Gasteiger partial charge in [-0.05, 0) is 115 Å². The number of ether oxygens (including phenoxy) is 3. The summed E-state index contributed by atoms with van der Waals surface area (Å²) in [5.41, 5.74) is 5.40. The van der Waals surface area contributed by atoms with E-state index in [4.69, 9.17) is 19.0 Å². The maximum Gasteiger partial charge on any atom is 0.269 e. The van der Waals surface area contributed by atoms with Crippen LogP contribution in [-0.2, 0) is 14.4 Å². The lowest BCUT2D eigenvalue weighted by atomic mass is 9.55. The molecule has 0 bridgehead atoms. The molecule has 3 aliphatic rings. The van der Waals surface area contributed by atoms with Crippen molar-refractivity contribution in [3.8, 4) is 28.4 Å². The van der Waals surface area contributed by atoms with Crippen molar-refractivity contribution >= 4 is 23.4 Å². The first-order valence-corrected chi connectivity index (χ1v) is 22.4. The summed E-state index contributed by atoms with van der Waals surface area (Å²) in [6.45, 7) is 6.73. The summed E-state index contributed by atoms with van der Waals surface area (Å²) < 4.78 is 21.0. The zero-order chi connectivity index (χ0) is 45.1. The SMILES string of the molecule is C=CCO[C@@]12Oc3ccc(Oc4ccc(-c5ccccc5)cc4)cc3[C@H]3[C@H](CCCCO)[C@@H](CCCCO)C=C(C(=NOC)C[C@@H]1N(CCC)C(=O)C=Cc1ccc([N+](=O)[O-])cc1)[C@H]32. The number of benzene rings is 4. The molecule has 12 heteroatoms. The van der Waals surface area contributed by atoms with Gasteiger partial charge in [-0.3, -0.25) is 14.9 Å². The Morgan fingerprint density at radius 1 is 0.953 bits per heavy atom. The van der Waals surface area contributed by atoms with Gasteiger partial charge in [0.1, 0.15) is 30.4 Å². The number of hydrogen-bond acceptors (Lipinski definition) is 10. The molecule has 1 aliphatic heterocycles. The Morgan fingerprint density at radius 3 is 2.33 bits per heavy atom. The number of nitro benzene ring substituents is 1. The van der Waals surface area contributed by atoms with E-state index >= 15 is 0 Å². The molecule has 1 amide bonds. The molecule has 2 N–H and O–H groups in total. The molecule has 0 radical (unpaired) electrons. The fraction of sp³-hybridized carbons (Fsp3) is 0.385. The number of rotatable bonds is 21. The fourth-order valence-corrected chi connectivity index (χ4v) is 9.94. The lowest BCUT2D eigenvalue weighted by Gasteiger charge is -2.60. The van der Waals surface area contributed by atoms with E-state index in [1.807, 2.05) is 61.5 Å². The summed E-state index contributed by atoms with van der Waals surface area (Å²) in [5.74, 6) is -0.270. The van der Waals surface area contributed by atoms with Gasteiger partial charge in [0.25, 0.3) is 5.69 Å². The van der Waals surface area contributed by atoms with Crippen LogP contribution in [0, 0.1) is 27.9 Å². The standard InChI is InChI=1S/C52H59N3O9/c1-4-29-54(49(58)28-19-36-17-22-40(23-18-36)55(59)60)48-35-46(53-61-3)44-33-39(15-9-11-30-56)43(16-10-12-31-57)50-45-34-42(26-27-47(45)64-52(48,51(44)50)62-32-5-2)63-41-24-20-38(21-25-41)37-13-7-6-8-14-37/h5-8,13-14,17-28,33-34,39,43,48,50-51,56-57H,2,4,9-12,15-16,29-32,35H2,1,3H3/t39-,43+,48-,50+,51+,52+/m0/s1. The highest BCUT2D eigenvalue weighted by atomic mass is 16.7. The molecule has 0 saturated heterocycles. The molecule has 1 heterocycles. The fourth-order valence-electron chi connectivity index (χ4n) is 9.94. The topological polar surface area (TPSA) is 153 Å². The van der Waals surface area contributed by atoms with Crippen LogP contribution in [0.25, 0.3) is 17.2 Å². The van der Waals surface area contributed by atoms with Crippen LogP contribution in [0.5, 0.6) is 17.2 Å². The Balaban J connectivity index is 1.36. The second-order valence-electron chi connectivity index (χ2n) is 16.7. The summed E-state index contributed by atoms with van der Waals surface area (Å²) in [6, 6.07) is 29.5. The Bertz CT molecular complexity index is 2310. The van der Waals surface area contributed by atoms with E-state index < -0.39 is 22.7 Å². The summed E-state index contributed by atoms with van der Waals surface area (Å²) in [6.07, 6.45) is 12.6. The predicted molar refractivity (Wildman–Crippen MR) is 248 cm³/mol.